The molecule has 3 aromatic carbocycles. The molecule has 2 fully saturated rings. The van der Waals surface area contributed by atoms with E-state index in [1.165, 1.54) is 5.56 Å². The molecule has 0 aliphatic carbocycles. The molecule has 2 aliphatic rings. The van der Waals surface area contributed by atoms with E-state index >= 15 is 0 Å². The van der Waals surface area contributed by atoms with Crippen molar-refractivity contribution in [3.8, 4) is 5.69 Å². The maximum absolute atomic E-state index is 13.1. The molecule has 9 nitrogen and oxygen atoms in total. The Morgan fingerprint density at radius 2 is 1.51 bits per heavy atom. The summed E-state index contributed by atoms with van der Waals surface area (Å²) < 4.78 is 1.77. The fourth-order valence-corrected chi connectivity index (χ4v) is 6.86. The van der Waals surface area contributed by atoms with Gasteiger partial charge in [-0.1, -0.05) is 68.8 Å². The Bertz CT molecular complexity index is 1710. The first kappa shape index (κ1) is 32.0. The van der Waals surface area contributed by atoms with E-state index in [2.05, 4.69) is 48.9 Å². The Balaban J connectivity index is 1.02. The second-order valence-electron chi connectivity index (χ2n) is 14.0. The third-order valence-electron chi connectivity index (χ3n) is 9.29. The number of nitrogens with one attached hydrogen (secondary N) is 3. The summed E-state index contributed by atoms with van der Waals surface area (Å²) in [6.07, 6.45) is 4.87. The topological polar surface area (TPSA) is 108 Å². The number of carbonyl (C=O) groups is 3. The van der Waals surface area contributed by atoms with Gasteiger partial charge in [0.1, 0.15) is 5.82 Å². The minimum Gasteiger partial charge on any atom is -0.343 e. The minimum atomic E-state index is -0.333. The fourth-order valence-electron chi connectivity index (χ4n) is 6.86. The van der Waals surface area contributed by atoms with Gasteiger partial charge in [-0.05, 0) is 86.9 Å². The summed E-state index contributed by atoms with van der Waals surface area (Å²) in [5, 5.41) is 13.6. The predicted molar refractivity (Wildman–Crippen MR) is 185 cm³/mol. The number of urea groups is 1. The Kier molecular flexibility index (Phi) is 9.16. The van der Waals surface area contributed by atoms with Gasteiger partial charge in [0.2, 0.25) is 5.91 Å². The molecular weight excluding hydrogens is 588 g/mol. The van der Waals surface area contributed by atoms with Gasteiger partial charge in [-0.15, -0.1) is 0 Å². The van der Waals surface area contributed by atoms with Gasteiger partial charge in [-0.25, -0.2) is 9.48 Å². The molecule has 2 aliphatic heterocycles. The highest BCUT2D eigenvalue weighted by Crippen LogP contribution is 2.40. The molecule has 2 saturated heterocycles. The molecule has 47 heavy (non-hydrogen) atoms. The lowest BCUT2D eigenvalue weighted by molar-refractivity contribution is -0.135. The number of rotatable bonds is 8. The molecule has 4 amide bonds. The number of hydrogen-bond acceptors (Lipinski definition) is 4. The smallest absolute Gasteiger partial charge is 0.324 e. The van der Waals surface area contributed by atoms with Crippen molar-refractivity contribution in [1.82, 2.24) is 20.0 Å². The molecule has 3 N–H and O–H groups in total. The van der Waals surface area contributed by atoms with Crippen molar-refractivity contribution in [2.75, 3.05) is 17.2 Å². The lowest BCUT2D eigenvalue weighted by Gasteiger charge is -2.39. The van der Waals surface area contributed by atoms with Crippen molar-refractivity contribution in [1.29, 1.82) is 0 Å². The maximum Gasteiger partial charge on any atom is 0.324 e. The molecule has 0 radical (unpaired) electrons. The Hall–Kier alpha value is -4.92. The summed E-state index contributed by atoms with van der Waals surface area (Å²) in [5.41, 5.74) is 5.22. The highest BCUT2D eigenvalue weighted by molar-refractivity contribution is 5.99. The third kappa shape index (κ3) is 7.56. The molecular formula is C38H44N6O3. The van der Waals surface area contributed by atoms with E-state index in [1.54, 1.807) is 16.8 Å². The minimum absolute atomic E-state index is 0.00508. The van der Waals surface area contributed by atoms with Gasteiger partial charge in [-0.2, -0.15) is 5.10 Å². The summed E-state index contributed by atoms with van der Waals surface area (Å²) in [6, 6.07) is 27.1. The number of nitrogens with zero attached hydrogens (tertiary/aromatic N) is 3. The Morgan fingerprint density at radius 3 is 2.15 bits per heavy atom. The lowest BCUT2D eigenvalue weighted by atomic mass is 9.85. The van der Waals surface area contributed by atoms with E-state index in [4.69, 9.17) is 5.10 Å². The average molecular weight is 633 g/mol. The molecule has 9 heteroatoms. The van der Waals surface area contributed by atoms with E-state index < -0.39 is 0 Å². The predicted octanol–water partition coefficient (Wildman–Crippen LogP) is 6.86. The van der Waals surface area contributed by atoms with Crippen LogP contribution in [0.1, 0.15) is 73.6 Å². The zero-order valence-corrected chi connectivity index (χ0v) is 27.6. The van der Waals surface area contributed by atoms with Crippen molar-refractivity contribution >= 4 is 29.4 Å². The zero-order valence-electron chi connectivity index (χ0n) is 27.6. The molecule has 2 unspecified atom stereocenters. The van der Waals surface area contributed by atoms with Crippen LogP contribution in [0.25, 0.3) is 5.69 Å². The quantitative estimate of drug-likeness (QED) is 0.197. The van der Waals surface area contributed by atoms with Gasteiger partial charge in [0.15, 0.2) is 0 Å². The van der Waals surface area contributed by atoms with Crippen LogP contribution in [-0.2, 0) is 16.6 Å². The lowest BCUT2D eigenvalue weighted by Crippen LogP contribution is -2.50. The van der Waals surface area contributed by atoms with Crippen molar-refractivity contribution in [2.24, 2.45) is 5.92 Å². The molecule has 1 aromatic heterocycles. The number of carbonyl (C=O) groups excluding carboxylic acids is 3. The van der Waals surface area contributed by atoms with Crippen LogP contribution in [0, 0.1) is 12.8 Å². The fraction of sp³-hybridized carbons (Fsp3) is 0.368. The highest BCUT2D eigenvalue weighted by Gasteiger charge is 2.42. The molecule has 0 spiro atoms. The van der Waals surface area contributed by atoms with Crippen molar-refractivity contribution in [2.45, 2.75) is 77.3 Å². The number of aryl methyl sites for hydroxylation is 1. The van der Waals surface area contributed by atoms with E-state index in [9.17, 15) is 14.4 Å². The summed E-state index contributed by atoms with van der Waals surface area (Å²) in [6.45, 7) is 8.37. The molecule has 2 atom stereocenters. The van der Waals surface area contributed by atoms with Crippen LogP contribution >= 0.6 is 0 Å². The van der Waals surface area contributed by atoms with Gasteiger partial charge < -0.3 is 15.5 Å². The van der Waals surface area contributed by atoms with Crippen molar-refractivity contribution < 1.29 is 14.4 Å². The molecule has 3 heterocycles. The summed E-state index contributed by atoms with van der Waals surface area (Å²) >= 11 is 0. The molecule has 0 saturated carbocycles. The van der Waals surface area contributed by atoms with Crippen LogP contribution in [-0.4, -0.2) is 51.2 Å². The first-order valence-electron chi connectivity index (χ1n) is 16.5. The van der Waals surface area contributed by atoms with Crippen LogP contribution < -0.4 is 16.0 Å². The van der Waals surface area contributed by atoms with E-state index in [1.807, 2.05) is 72.5 Å². The van der Waals surface area contributed by atoms with Gasteiger partial charge in [0.05, 0.1) is 17.9 Å². The van der Waals surface area contributed by atoms with Gasteiger partial charge in [0, 0.05) is 34.8 Å². The Labute approximate surface area is 276 Å². The van der Waals surface area contributed by atoms with E-state index in [0.717, 1.165) is 49.0 Å². The van der Waals surface area contributed by atoms with Crippen LogP contribution in [0.2, 0.25) is 0 Å². The number of amides is 4. The Morgan fingerprint density at radius 1 is 0.851 bits per heavy atom. The van der Waals surface area contributed by atoms with Crippen LogP contribution in [0.3, 0.4) is 0 Å². The highest BCUT2D eigenvalue weighted by atomic mass is 16.2. The van der Waals surface area contributed by atoms with Crippen LogP contribution in [0.15, 0.2) is 84.9 Å². The SMILES string of the molecule is Cc1ccc(-n2nc(C(C)(C)C)cc2NC(=O)Nc2ccc(CC3CC4CCC(C3)N4C(=O)CNC(=O)c3ccccc3)cc2)cc1. The summed E-state index contributed by atoms with van der Waals surface area (Å²) in [5.74, 6) is 0.869. The van der Waals surface area contributed by atoms with Crippen LogP contribution in [0.4, 0.5) is 16.3 Å². The molecule has 2 bridgehead atoms. The summed E-state index contributed by atoms with van der Waals surface area (Å²) in [7, 11) is 0. The number of piperidine rings is 1. The van der Waals surface area contributed by atoms with Crippen molar-refractivity contribution in [3.63, 3.8) is 0 Å². The van der Waals surface area contributed by atoms with E-state index in [0.29, 0.717) is 23.0 Å². The maximum atomic E-state index is 13.1. The summed E-state index contributed by atoms with van der Waals surface area (Å²) in [4.78, 5) is 40.7. The monoisotopic (exact) mass is 632 g/mol. The van der Waals surface area contributed by atoms with Crippen LogP contribution in [0.5, 0.6) is 0 Å². The number of fused-ring (bicyclic) bond motifs is 2. The second kappa shape index (κ2) is 13.4. The van der Waals surface area contributed by atoms with Gasteiger partial charge in [-0.3, -0.25) is 14.9 Å². The number of anilines is 2. The normalized spacial score (nSPS) is 18.9. The number of benzene rings is 3. The standard InChI is InChI=1S/C38H44N6O3/c1-25-10-16-30(17-11-25)44-34(23-33(42-44)38(2,3)4)41-37(47)40-29-14-12-26(13-15-29)20-27-21-31-18-19-32(22-27)43(31)35(45)24-39-36(46)28-8-6-5-7-9-28/h5-17,23,27,31-32H,18-22,24H2,1-4H3,(H,39,46)(H2,40,41,47). The largest absolute Gasteiger partial charge is 0.343 e. The number of hydrogen-bond donors (Lipinski definition) is 3. The van der Waals surface area contributed by atoms with Gasteiger partial charge >= 0.3 is 6.03 Å². The molecule has 244 valence electrons. The first-order chi connectivity index (χ1) is 22.5. The second-order valence-corrected chi connectivity index (χ2v) is 14.0. The van der Waals surface area contributed by atoms with Crippen molar-refractivity contribution in [3.05, 3.63) is 107 Å². The zero-order chi connectivity index (χ0) is 33.1. The number of aromatic nitrogens is 2. The van der Waals surface area contributed by atoms with E-state index in [-0.39, 0.29) is 41.9 Å². The molecule has 6 rings (SSSR count). The third-order valence-corrected chi connectivity index (χ3v) is 9.29. The van der Waals surface area contributed by atoms with Gasteiger partial charge in [0.25, 0.3) is 5.91 Å². The average Bonchev–Trinajstić information content (AvgIpc) is 3.59. The first-order valence-corrected chi connectivity index (χ1v) is 16.5. The molecule has 4 aromatic rings.